The Hall–Kier alpha value is -0.610. The highest BCUT2D eigenvalue weighted by molar-refractivity contribution is 7.15. The molecule has 0 saturated heterocycles. The molecule has 1 aromatic rings. The zero-order valence-electron chi connectivity index (χ0n) is 12.7. The maximum atomic E-state index is 10.3. The highest BCUT2D eigenvalue weighted by Gasteiger charge is 2.34. The number of aromatic nitrogens is 1. The van der Waals surface area contributed by atoms with Gasteiger partial charge in [-0.05, 0) is 31.1 Å². The zero-order chi connectivity index (χ0) is 14.2. The van der Waals surface area contributed by atoms with Gasteiger partial charge in [-0.3, -0.25) is 0 Å². The SMILES string of the molecule is CCN(CC(C)C)c1nc2c(s1)C(O)CC(C)(C)C2. The molecule has 2 rings (SSSR count). The number of rotatable bonds is 4. The summed E-state index contributed by atoms with van der Waals surface area (Å²) in [5.74, 6) is 0.627. The van der Waals surface area contributed by atoms with Crippen molar-refractivity contribution in [2.45, 2.75) is 53.6 Å². The molecule has 1 aliphatic rings. The summed E-state index contributed by atoms with van der Waals surface area (Å²) in [6.07, 6.45) is 1.50. The van der Waals surface area contributed by atoms with Gasteiger partial charge >= 0.3 is 0 Å². The van der Waals surface area contributed by atoms with E-state index in [1.807, 2.05) is 0 Å². The van der Waals surface area contributed by atoms with Crippen molar-refractivity contribution in [3.8, 4) is 0 Å². The molecule has 1 N–H and O–H groups in total. The van der Waals surface area contributed by atoms with E-state index in [2.05, 4.69) is 39.5 Å². The minimum atomic E-state index is -0.331. The highest BCUT2D eigenvalue weighted by atomic mass is 32.1. The molecule has 108 valence electrons. The van der Waals surface area contributed by atoms with Gasteiger partial charge in [-0.1, -0.05) is 39.0 Å². The topological polar surface area (TPSA) is 36.4 Å². The number of aliphatic hydroxyl groups excluding tert-OH is 1. The Morgan fingerprint density at radius 2 is 2.16 bits per heavy atom. The Morgan fingerprint density at radius 3 is 2.74 bits per heavy atom. The number of anilines is 1. The van der Waals surface area contributed by atoms with Crippen LogP contribution in [0.25, 0.3) is 0 Å². The van der Waals surface area contributed by atoms with Crippen molar-refractivity contribution in [1.29, 1.82) is 0 Å². The fourth-order valence-corrected chi connectivity index (χ4v) is 3.94. The van der Waals surface area contributed by atoms with Crippen molar-refractivity contribution in [2.24, 2.45) is 11.3 Å². The van der Waals surface area contributed by atoms with Gasteiger partial charge in [0.25, 0.3) is 0 Å². The second kappa shape index (κ2) is 5.41. The fraction of sp³-hybridized carbons (Fsp3) is 0.800. The van der Waals surface area contributed by atoms with E-state index in [4.69, 9.17) is 4.98 Å². The molecule has 0 aliphatic heterocycles. The first-order valence-electron chi connectivity index (χ1n) is 7.25. The van der Waals surface area contributed by atoms with E-state index in [9.17, 15) is 5.11 Å². The maximum Gasteiger partial charge on any atom is 0.185 e. The minimum absolute atomic E-state index is 0.160. The lowest BCUT2D eigenvalue weighted by Crippen LogP contribution is -2.27. The molecular formula is C15H26N2OS. The standard InChI is InChI=1S/C15H26N2OS/c1-6-17(9-10(2)3)14-16-11-7-15(4,5)8-12(18)13(11)19-14/h10,12,18H,6-9H2,1-5H3. The zero-order valence-corrected chi connectivity index (χ0v) is 13.5. The van der Waals surface area contributed by atoms with Gasteiger partial charge in [0, 0.05) is 13.1 Å². The van der Waals surface area contributed by atoms with Gasteiger partial charge in [0.2, 0.25) is 0 Å². The lowest BCUT2D eigenvalue weighted by molar-refractivity contribution is 0.102. The third-order valence-electron chi connectivity index (χ3n) is 3.65. The number of fused-ring (bicyclic) bond motifs is 1. The maximum absolute atomic E-state index is 10.3. The number of aliphatic hydroxyl groups is 1. The smallest absolute Gasteiger partial charge is 0.185 e. The summed E-state index contributed by atoms with van der Waals surface area (Å²) in [7, 11) is 0. The summed E-state index contributed by atoms with van der Waals surface area (Å²) in [4.78, 5) is 8.23. The fourth-order valence-electron chi connectivity index (χ4n) is 2.80. The van der Waals surface area contributed by atoms with Crippen molar-refractivity contribution in [3.05, 3.63) is 10.6 Å². The summed E-state index contributed by atoms with van der Waals surface area (Å²) in [6, 6.07) is 0. The van der Waals surface area contributed by atoms with E-state index in [0.29, 0.717) is 5.92 Å². The van der Waals surface area contributed by atoms with E-state index in [1.54, 1.807) is 11.3 Å². The molecule has 1 unspecified atom stereocenters. The largest absolute Gasteiger partial charge is 0.387 e. The number of nitrogens with zero attached hydrogens (tertiary/aromatic N) is 2. The summed E-state index contributed by atoms with van der Waals surface area (Å²) in [5.41, 5.74) is 1.28. The average molecular weight is 282 g/mol. The van der Waals surface area contributed by atoms with Crippen LogP contribution >= 0.6 is 11.3 Å². The predicted molar refractivity (Wildman–Crippen MR) is 81.9 cm³/mol. The van der Waals surface area contributed by atoms with Crippen LogP contribution < -0.4 is 4.90 Å². The van der Waals surface area contributed by atoms with E-state index in [1.165, 1.54) is 0 Å². The van der Waals surface area contributed by atoms with E-state index in [-0.39, 0.29) is 11.5 Å². The summed E-state index contributed by atoms with van der Waals surface area (Å²) >= 11 is 1.68. The average Bonchev–Trinajstić information content (AvgIpc) is 2.67. The molecule has 0 radical (unpaired) electrons. The van der Waals surface area contributed by atoms with Gasteiger partial charge in [0.15, 0.2) is 5.13 Å². The van der Waals surface area contributed by atoms with Crippen LogP contribution in [-0.4, -0.2) is 23.2 Å². The summed E-state index contributed by atoms with van der Waals surface area (Å²) < 4.78 is 0. The Kier molecular flexibility index (Phi) is 4.21. The molecule has 1 aromatic heterocycles. The number of hydrogen-bond acceptors (Lipinski definition) is 4. The molecule has 3 nitrogen and oxygen atoms in total. The van der Waals surface area contributed by atoms with Gasteiger partial charge in [0.1, 0.15) is 0 Å². The molecule has 0 fully saturated rings. The third kappa shape index (κ3) is 3.29. The van der Waals surface area contributed by atoms with Crippen molar-refractivity contribution in [2.75, 3.05) is 18.0 Å². The second-order valence-corrected chi connectivity index (χ2v) is 7.81. The molecule has 0 spiro atoms. The van der Waals surface area contributed by atoms with Crippen LogP contribution in [0.15, 0.2) is 0 Å². The van der Waals surface area contributed by atoms with Crippen LogP contribution in [0.5, 0.6) is 0 Å². The highest BCUT2D eigenvalue weighted by Crippen LogP contribution is 2.44. The van der Waals surface area contributed by atoms with Crippen LogP contribution in [0.2, 0.25) is 0 Å². The van der Waals surface area contributed by atoms with E-state index >= 15 is 0 Å². The monoisotopic (exact) mass is 282 g/mol. The van der Waals surface area contributed by atoms with Gasteiger partial charge in [-0.25, -0.2) is 4.98 Å². The summed E-state index contributed by atoms with van der Waals surface area (Å²) in [5, 5.41) is 11.4. The van der Waals surface area contributed by atoms with E-state index < -0.39 is 0 Å². The molecular weight excluding hydrogens is 256 g/mol. The Balaban J connectivity index is 2.26. The van der Waals surface area contributed by atoms with Crippen molar-refractivity contribution in [1.82, 2.24) is 4.98 Å². The van der Waals surface area contributed by atoms with Gasteiger partial charge in [-0.2, -0.15) is 0 Å². The first-order chi connectivity index (χ1) is 8.82. The Bertz CT molecular complexity index is 439. The Labute approximate surface area is 120 Å². The minimum Gasteiger partial charge on any atom is -0.387 e. The quantitative estimate of drug-likeness (QED) is 0.916. The molecule has 1 heterocycles. The van der Waals surface area contributed by atoms with Crippen LogP contribution in [-0.2, 0) is 6.42 Å². The van der Waals surface area contributed by atoms with Crippen LogP contribution in [0, 0.1) is 11.3 Å². The van der Waals surface area contributed by atoms with Gasteiger partial charge < -0.3 is 10.0 Å². The van der Waals surface area contributed by atoms with Crippen LogP contribution in [0.4, 0.5) is 5.13 Å². The normalized spacial score (nSPS) is 21.5. The van der Waals surface area contributed by atoms with Crippen LogP contribution in [0.1, 0.15) is 57.7 Å². The molecule has 1 aliphatic carbocycles. The number of thiazole rings is 1. The molecule has 0 aromatic carbocycles. The molecule has 1 atom stereocenters. The van der Waals surface area contributed by atoms with Crippen molar-refractivity contribution >= 4 is 16.5 Å². The predicted octanol–water partition coefficient (Wildman–Crippen LogP) is 3.63. The molecule has 0 bridgehead atoms. The van der Waals surface area contributed by atoms with Crippen LogP contribution in [0.3, 0.4) is 0 Å². The third-order valence-corrected chi connectivity index (χ3v) is 4.91. The lowest BCUT2D eigenvalue weighted by Gasteiger charge is -2.31. The molecule has 4 heteroatoms. The Morgan fingerprint density at radius 1 is 1.47 bits per heavy atom. The lowest BCUT2D eigenvalue weighted by atomic mass is 9.77. The first-order valence-corrected chi connectivity index (χ1v) is 8.06. The van der Waals surface area contributed by atoms with Crippen molar-refractivity contribution in [3.63, 3.8) is 0 Å². The van der Waals surface area contributed by atoms with Gasteiger partial charge in [-0.15, -0.1) is 0 Å². The molecule has 19 heavy (non-hydrogen) atoms. The van der Waals surface area contributed by atoms with Gasteiger partial charge in [0.05, 0.1) is 16.7 Å². The molecule has 0 amide bonds. The first kappa shape index (κ1) is 14.8. The number of hydrogen-bond donors (Lipinski definition) is 1. The second-order valence-electron chi connectivity index (χ2n) is 6.80. The van der Waals surface area contributed by atoms with E-state index in [0.717, 1.165) is 41.6 Å². The van der Waals surface area contributed by atoms with Crippen molar-refractivity contribution < 1.29 is 5.11 Å². The summed E-state index contributed by atoms with van der Waals surface area (Å²) in [6.45, 7) is 13.1. The molecule has 0 saturated carbocycles.